The molecule has 0 aliphatic heterocycles. The summed E-state index contributed by atoms with van der Waals surface area (Å²) >= 11 is 0. The van der Waals surface area contributed by atoms with Gasteiger partial charge in [-0.2, -0.15) is 0 Å². The van der Waals surface area contributed by atoms with E-state index in [1.165, 1.54) is 6.92 Å². The van der Waals surface area contributed by atoms with Crippen molar-refractivity contribution in [2.45, 2.75) is 40.0 Å². The van der Waals surface area contributed by atoms with Crippen molar-refractivity contribution in [3.05, 3.63) is 0 Å². The summed E-state index contributed by atoms with van der Waals surface area (Å²) in [6.45, 7) is 6.04. The summed E-state index contributed by atoms with van der Waals surface area (Å²) < 4.78 is 9.62. The SMILES string of the molecule is CCOC(=O)C[C@@H](C)CCCOC(C)=O. The number of hydrogen-bond donors (Lipinski definition) is 0. The maximum absolute atomic E-state index is 11.1. The Kier molecular flexibility index (Phi) is 7.68. The van der Waals surface area contributed by atoms with Gasteiger partial charge in [0, 0.05) is 13.3 Å². The lowest BCUT2D eigenvalue weighted by molar-refractivity contribution is -0.145. The highest BCUT2D eigenvalue weighted by Crippen LogP contribution is 2.11. The predicted molar refractivity (Wildman–Crippen MR) is 56.3 cm³/mol. The smallest absolute Gasteiger partial charge is 0.306 e. The number of carbonyl (C=O) groups is 2. The standard InChI is InChI=1S/C11H20O4/c1-4-14-11(13)8-9(2)6-5-7-15-10(3)12/h9H,4-8H2,1-3H3/t9-/m0/s1. The van der Waals surface area contributed by atoms with Crippen molar-refractivity contribution < 1.29 is 19.1 Å². The van der Waals surface area contributed by atoms with Crippen LogP contribution in [0.3, 0.4) is 0 Å². The molecule has 0 radical (unpaired) electrons. The molecule has 0 spiro atoms. The summed E-state index contributed by atoms with van der Waals surface area (Å²) in [6.07, 6.45) is 2.10. The van der Waals surface area contributed by atoms with Crippen LogP contribution in [0.15, 0.2) is 0 Å². The fraction of sp³-hybridized carbons (Fsp3) is 0.818. The Morgan fingerprint density at radius 3 is 2.47 bits per heavy atom. The Labute approximate surface area is 90.9 Å². The summed E-state index contributed by atoms with van der Waals surface area (Å²) in [5, 5.41) is 0. The first-order valence-electron chi connectivity index (χ1n) is 5.35. The molecule has 4 nitrogen and oxygen atoms in total. The van der Waals surface area contributed by atoms with Crippen molar-refractivity contribution >= 4 is 11.9 Å². The number of hydrogen-bond acceptors (Lipinski definition) is 4. The van der Waals surface area contributed by atoms with Gasteiger partial charge in [0.05, 0.1) is 13.2 Å². The predicted octanol–water partition coefficient (Wildman–Crippen LogP) is 1.92. The highest BCUT2D eigenvalue weighted by atomic mass is 16.5. The van der Waals surface area contributed by atoms with Crippen LogP contribution in [0, 0.1) is 5.92 Å². The highest BCUT2D eigenvalue weighted by Gasteiger charge is 2.09. The van der Waals surface area contributed by atoms with Gasteiger partial charge >= 0.3 is 11.9 Å². The first-order valence-corrected chi connectivity index (χ1v) is 5.35. The molecule has 1 atom stereocenters. The minimum atomic E-state index is -0.256. The van der Waals surface area contributed by atoms with Crippen LogP contribution < -0.4 is 0 Å². The monoisotopic (exact) mass is 216 g/mol. The van der Waals surface area contributed by atoms with E-state index in [1.807, 2.05) is 6.92 Å². The molecule has 0 unspecified atom stereocenters. The molecule has 0 rings (SSSR count). The molecular formula is C11H20O4. The van der Waals surface area contributed by atoms with Crippen LogP contribution >= 0.6 is 0 Å². The topological polar surface area (TPSA) is 52.6 Å². The first kappa shape index (κ1) is 13.9. The number of esters is 2. The Balaban J connectivity index is 3.44. The van der Waals surface area contributed by atoms with Crippen molar-refractivity contribution in [1.82, 2.24) is 0 Å². The van der Waals surface area contributed by atoms with Crippen LogP contribution in [0.25, 0.3) is 0 Å². The molecule has 0 bridgehead atoms. The Morgan fingerprint density at radius 2 is 1.93 bits per heavy atom. The third kappa shape index (κ3) is 9.25. The minimum absolute atomic E-state index is 0.155. The third-order valence-corrected chi connectivity index (χ3v) is 1.97. The van der Waals surface area contributed by atoms with E-state index in [1.54, 1.807) is 6.92 Å². The van der Waals surface area contributed by atoms with E-state index >= 15 is 0 Å². The van der Waals surface area contributed by atoms with E-state index in [9.17, 15) is 9.59 Å². The number of carbonyl (C=O) groups excluding carboxylic acids is 2. The molecular weight excluding hydrogens is 196 g/mol. The van der Waals surface area contributed by atoms with E-state index in [4.69, 9.17) is 9.47 Å². The Hall–Kier alpha value is -1.06. The number of rotatable bonds is 7. The lowest BCUT2D eigenvalue weighted by Gasteiger charge is -2.10. The zero-order chi connectivity index (χ0) is 11.7. The molecule has 0 N–H and O–H groups in total. The molecule has 4 heteroatoms. The van der Waals surface area contributed by atoms with Crippen molar-refractivity contribution in [3.8, 4) is 0 Å². The Bertz CT molecular complexity index is 201. The van der Waals surface area contributed by atoms with Gasteiger partial charge < -0.3 is 9.47 Å². The van der Waals surface area contributed by atoms with Crippen molar-refractivity contribution in [2.75, 3.05) is 13.2 Å². The first-order chi connectivity index (χ1) is 7.06. The fourth-order valence-electron chi connectivity index (χ4n) is 1.25. The van der Waals surface area contributed by atoms with Gasteiger partial charge in [-0.25, -0.2) is 0 Å². The van der Waals surface area contributed by atoms with Gasteiger partial charge in [0.25, 0.3) is 0 Å². The summed E-state index contributed by atoms with van der Waals surface area (Å²) in [6, 6.07) is 0. The largest absolute Gasteiger partial charge is 0.466 e. The second-order valence-electron chi connectivity index (χ2n) is 3.60. The van der Waals surface area contributed by atoms with Gasteiger partial charge in [0.2, 0.25) is 0 Å². The molecule has 0 saturated carbocycles. The fourth-order valence-corrected chi connectivity index (χ4v) is 1.25. The minimum Gasteiger partial charge on any atom is -0.466 e. The normalized spacial score (nSPS) is 11.9. The molecule has 15 heavy (non-hydrogen) atoms. The highest BCUT2D eigenvalue weighted by molar-refractivity contribution is 5.69. The van der Waals surface area contributed by atoms with Crippen molar-refractivity contribution in [2.24, 2.45) is 5.92 Å². The van der Waals surface area contributed by atoms with Crippen LogP contribution in [-0.2, 0) is 19.1 Å². The van der Waals surface area contributed by atoms with Gasteiger partial charge in [-0.05, 0) is 25.7 Å². The maximum Gasteiger partial charge on any atom is 0.306 e. The Morgan fingerprint density at radius 1 is 1.27 bits per heavy atom. The molecule has 88 valence electrons. The van der Waals surface area contributed by atoms with Crippen molar-refractivity contribution in [1.29, 1.82) is 0 Å². The molecule has 0 heterocycles. The van der Waals surface area contributed by atoms with E-state index in [0.29, 0.717) is 19.6 Å². The summed E-state index contributed by atoms with van der Waals surface area (Å²) in [5.41, 5.74) is 0. The van der Waals surface area contributed by atoms with E-state index < -0.39 is 0 Å². The summed E-state index contributed by atoms with van der Waals surface area (Å²) in [4.78, 5) is 21.5. The quantitative estimate of drug-likeness (QED) is 0.482. The maximum atomic E-state index is 11.1. The van der Waals surface area contributed by atoms with Gasteiger partial charge in [0.1, 0.15) is 0 Å². The lowest BCUT2D eigenvalue weighted by Crippen LogP contribution is -2.10. The van der Waals surface area contributed by atoms with Gasteiger partial charge in [0.15, 0.2) is 0 Å². The van der Waals surface area contributed by atoms with Crippen LogP contribution in [-0.4, -0.2) is 25.2 Å². The van der Waals surface area contributed by atoms with Crippen LogP contribution in [0.4, 0.5) is 0 Å². The second kappa shape index (κ2) is 8.26. The summed E-state index contributed by atoms with van der Waals surface area (Å²) in [7, 11) is 0. The van der Waals surface area contributed by atoms with Gasteiger partial charge in [-0.3, -0.25) is 9.59 Å². The van der Waals surface area contributed by atoms with Crippen LogP contribution in [0.2, 0.25) is 0 Å². The molecule has 0 aliphatic rings. The summed E-state index contributed by atoms with van der Waals surface area (Å²) in [5.74, 6) is -0.134. The molecule has 0 saturated heterocycles. The molecule has 0 aromatic heterocycles. The van der Waals surface area contributed by atoms with Crippen LogP contribution in [0.1, 0.15) is 40.0 Å². The molecule has 0 aromatic carbocycles. The van der Waals surface area contributed by atoms with Crippen molar-refractivity contribution in [3.63, 3.8) is 0 Å². The molecule has 0 amide bonds. The van der Waals surface area contributed by atoms with E-state index in [0.717, 1.165) is 12.8 Å². The lowest BCUT2D eigenvalue weighted by atomic mass is 10.0. The zero-order valence-corrected chi connectivity index (χ0v) is 9.75. The van der Waals surface area contributed by atoms with Crippen LogP contribution in [0.5, 0.6) is 0 Å². The average molecular weight is 216 g/mol. The molecule has 0 aromatic rings. The zero-order valence-electron chi connectivity index (χ0n) is 9.75. The molecule has 0 aliphatic carbocycles. The van der Waals surface area contributed by atoms with E-state index in [2.05, 4.69) is 0 Å². The number of ether oxygens (including phenoxy) is 2. The average Bonchev–Trinajstić information content (AvgIpc) is 2.12. The second-order valence-corrected chi connectivity index (χ2v) is 3.60. The third-order valence-electron chi connectivity index (χ3n) is 1.97. The van der Waals surface area contributed by atoms with Gasteiger partial charge in [-0.15, -0.1) is 0 Å². The van der Waals surface area contributed by atoms with E-state index in [-0.39, 0.29) is 17.9 Å². The molecule has 0 fully saturated rings. The van der Waals surface area contributed by atoms with Gasteiger partial charge in [-0.1, -0.05) is 6.92 Å².